The first-order valence-corrected chi connectivity index (χ1v) is 10.5. The lowest BCUT2D eigenvalue weighted by molar-refractivity contribution is -0.137. The van der Waals surface area contributed by atoms with E-state index in [4.69, 9.17) is 4.74 Å². The molecule has 1 unspecified atom stereocenters. The molecule has 1 aliphatic heterocycles. The van der Waals surface area contributed by atoms with Gasteiger partial charge in [-0.2, -0.15) is 8.78 Å². The van der Waals surface area contributed by atoms with Crippen LogP contribution in [0, 0.1) is 0 Å². The van der Waals surface area contributed by atoms with Gasteiger partial charge in [-0.25, -0.2) is 0 Å². The van der Waals surface area contributed by atoms with Crippen LogP contribution >= 0.6 is 11.3 Å². The normalized spacial score (nSPS) is 14.8. The summed E-state index contributed by atoms with van der Waals surface area (Å²) in [5.41, 5.74) is 2.09. The summed E-state index contributed by atoms with van der Waals surface area (Å²) in [4.78, 5) is 18.2. The fourth-order valence-electron chi connectivity index (χ4n) is 3.43. The first-order valence-electron chi connectivity index (χ1n) is 9.63. The molecule has 2 heterocycles. The van der Waals surface area contributed by atoms with Gasteiger partial charge < -0.3 is 14.4 Å². The molecular formula is C21H26F2N2O3S. The Bertz CT molecular complexity index is 843. The van der Waals surface area contributed by atoms with Crippen LogP contribution in [0.25, 0.3) is 0 Å². The Morgan fingerprint density at radius 3 is 2.83 bits per heavy atom. The molecule has 0 N–H and O–H groups in total. The fraction of sp³-hybridized carbons (Fsp3) is 0.476. The highest BCUT2D eigenvalue weighted by Gasteiger charge is 2.27. The molecule has 0 bridgehead atoms. The van der Waals surface area contributed by atoms with E-state index in [-0.39, 0.29) is 23.4 Å². The number of ether oxygens (including phenoxy) is 2. The van der Waals surface area contributed by atoms with Crippen LogP contribution in [0.2, 0.25) is 0 Å². The van der Waals surface area contributed by atoms with Gasteiger partial charge in [0.25, 0.3) is 0 Å². The number of carbonyl (C=O) groups is 1. The zero-order valence-electron chi connectivity index (χ0n) is 16.9. The van der Waals surface area contributed by atoms with Crippen LogP contribution < -0.4 is 9.47 Å². The molecule has 0 radical (unpaired) electrons. The van der Waals surface area contributed by atoms with Crippen LogP contribution in [-0.4, -0.2) is 48.6 Å². The fourth-order valence-corrected chi connectivity index (χ4v) is 4.32. The molecule has 0 saturated heterocycles. The van der Waals surface area contributed by atoms with Crippen molar-refractivity contribution in [3.05, 3.63) is 45.6 Å². The van der Waals surface area contributed by atoms with Crippen LogP contribution in [0.4, 0.5) is 8.78 Å². The van der Waals surface area contributed by atoms with Crippen molar-refractivity contribution in [1.82, 2.24) is 9.80 Å². The van der Waals surface area contributed by atoms with E-state index in [1.807, 2.05) is 23.8 Å². The number of likely N-dealkylation sites (N-methyl/N-ethyl adjacent to an activating group) is 1. The predicted octanol–water partition coefficient (Wildman–Crippen LogP) is 4.15. The Labute approximate surface area is 173 Å². The van der Waals surface area contributed by atoms with Crippen LogP contribution in [0.3, 0.4) is 0 Å². The lowest BCUT2D eigenvalue weighted by Gasteiger charge is -2.33. The zero-order chi connectivity index (χ0) is 21.0. The minimum atomic E-state index is -2.91. The average molecular weight is 425 g/mol. The number of rotatable bonds is 8. The van der Waals surface area contributed by atoms with Crippen molar-refractivity contribution in [2.24, 2.45) is 0 Å². The summed E-state index contributed by atoms with van der Waals surface area (Å²) in [5, 5.41) is 2.07. The number of fused-ring (bicyclic) bond motifs is 1. The summed E-state index contributed by atoms with van der Waals surface area (Å²) in [6.07, 6.45) is 0.901. The number of hydrogen-bond donors (Lipinski definition) is 0. The third kappa shape index (κ3) is 5.25. The minimum absolute atomic E-state index is 0.0114. The summed E-state index contributed by atoms with van der Waals surface area (Å²) in [7, 11) is 1.88. The summed E-state index contributed by atoms with van der Waals surface area (Å²) in [6, 6.07) is 6.67. The number of halogens is 2. The number of hydrogen-bond acceptors (Lipinski definition) is 5. The van der Waals surface area contributed by atoms with Crippen molar-refractivity contribution in [3.63, 3.8) is 0 Å². The zero-order valence-corrected chi connectivity index (χ0v) is 17.7. The van der Waals surface area contributed by atoms with Gasteiger partial charge in [0.2, 0.25) is 5.91 Å². The maximum atomic E-state index is 13.0. The second-order valence-electron chi connectivity index (χ2n) is 7.06. The van der Waals surface area contributed by atoms with Gasteiger partial charge in [-0.15, -0.1) is 11.3 Å². The molecule has 5 nitrogen and oxygen atoms in total. The molecule has 1 aromatic carbocycles. The van der Waals surface area contributed by atoms with Gasteiger partial charge >= 0.3 is 6.61 Å². The van der Waals surface area contributed by atoms with Crippen LogP contribution in [-0.2, 0) is 24.3 Å². The third-order valence-corrected chi connectivity index (χ3v) is 6.12. The smallest absolute Gasteiger partial charge is 0.387 e. The number of amides is 1. The van der Waals surface area contributed by atoms with Crippen LogP contribution in [0.5, 0.6) is 11.5 Å². The van der Waals surface area contributed by atoms with Crippen molar-refractivity contribution < 1.29 is 23.0 Å². The van der Waals surface area contributed by atoms with Gasteiger partial charge in [-0.05, 0) is 62.0 Å². The van der Waals surface area contributed by atoms with E-state index >= 15 is 0 Å². The van der Waals surface area contributed by atoms with Crippen molar-refractivity contribution in [3.8, 4) is 11.5 Å². The summed E-state index contributed by atoms with van der Waals surface area (Å²) in [6.45, 7) is 2.98. The molecular weight excluding hydrogens is 398 g/mol. The van der Waals surface area contributed by atoms with Gasteiger partial charge in [0, 0.05) is 24.5 Å². The van der Waals surface area contributed by atoms with E-state index in [9.17, 15) is 13.6 Å². The Morgan fingerprint density at radius 1 is 1.31 bits per heavy atom. The lowest BCUT2D eigenvalue weighted by atomic mass is 10.1. The average Bonchev–Trinajstić information content (AvgIpc) is 3.16. The molecule has 3 rings (SSSR count). The van der Waals surface area contributed by atoms with E-state index in [0.29, 0.717) is 19.7 Å². The Hall–Kier alpha value is -2.19. The highest BCUT2D eigenvalue weighted by molar-refractivity contribution is 7.10. The lowest BCUT2D eigenvalue weighted by Crippen LogP contribution is -2.46. The first-order chi connectivity index (χ1) is 13.9. The van der Waals surface area contributed by atoms with Crippen molar-refractivity contribution >= 4 is 17.2 Å². The van der Waals surface area contributed by atoms with E-state index in [1.54, 1.807) is 30.4 Å². The molecule has 1 aromatic heterocycles. The minimum Gasteiger partial charge on any atom is -0.490 e. The molecule has 1 atom stereocenters. The Kier molecular flexibility index (Phi) is 7.08. The third-order valence-electron chi connectivity index (χ3n) is 5.09. The highest BCUT2D eigenvalue weighted by atomic mass is 32.1. The standard InChI is InChI=1S/C21H26F2N2O3S/c1-4-27-18-11-15(5-6-17(18)28-21(22)23)12-24(3)14(2)20(26)25-9-7-19-16(13-25)8-10-29-19/h5-6,8,10-11,14,21H,4,7,9,12-13H2,1-3H3. The summed E-state index contributed by atoms with van der Waals surface area (Å²) in [5.74, 6) is 0.378. The molecule has 0 fully saturated rings. The second-order valence-corrected chi connectivity index (χ2v) is 8.06. The van der Waals surface area contributed by atoms with Gasteiger partial charge in [-0.3, -0.25) is 9.69 Å². The number of benzene rings is 1. The second kappa shape index (κ2) is 9.54. The maximum absolute atomic E-state index is 13.0. The van der Waals surface area contributed by atoms with Crippen LogP contribution in [0.1, 0.15) is 29.9 Å². The molecule has 1 aliphatic rings. The number of thiophene rings is 1. The van der Waals surface area contributed by atoms with E-state index < -0.39 is 6.61 Å². The van der Waals surface area contributed by atoms with Gasteiger partial charge in [-0.1, -0.05) is 6.07 Å². The topological polar surface area (TPSA) is 42.0 Å². The van der Waals surface area contributed by atoms with Gasteiger partial charge in [0.05, 0.1) is 12.6 Å². The van der Waals surface area contributed by atoms with Gasteiger partial charge in [0.1, 0.15) is 0 Å². The van der Waals surface area contributed by atoms with Crippen LogP contribution in [0.15, 0.2) is 29.6 Å². The van der Waals surface area contributed by atoms with Crippen molar-refractivity contribution in [2.45, 2.75) is 46.0 Å². The summed E-state index contributed by atoms with van der Waals surface area (Å²) >= 11 is 1.75. The maximum Gasteiger partial charge on any atom is 0.387 e. The molecule has 8 heteroatoms. The number of nitrogens with zero attached hydrogens (tertiary/aromatic N) is 2. The monoisotopic (exact) mass is 424 g/mol. The number of carbonyl (C=O) groups excluding carboxylic acids is 1. The van der Waals surface area contributed by atoms with Crippen molar-refractivity contribution in [2.75, 3.05) is 20.2 Å². The highest BCUT2D eigenvalue weighted by Crippen LogP contribution is 2.30. The molecule has 158 valence electrons. The SMILES string of the molecule is CCOc1cc(CN(C)C(C)C(=O)N2CCc3sccc3C2)ccc1OC(F)F. The Balaban J connectivity index is 1.65. The predicted molar refractivity (Wildman–Crippen MR) is 109 cm³/mol. The van der Waals surface area contributed by atoms with E-state index in [1.165, 1.54) is 16.5 Å². The molecule has 29 heavy (non-hydrogen) atoms. The molecule has 1 amide bonds. The largest absolute Gasteiger partial charge is 0.490 e. The summed E-state index contributed by atoms with van der Waals surface area (Å²) < 4.78 is 35.1. The van der Waals surface area contributed by atoms with E-state index in [0.717, 1.165) is 18.5 Å². The van der Waals surface area contributed by atoms with Gasteiger partial charge in [0.15, 0.2) is 11.5 Å². The Morgan fingerprint density at radius 2 is 2.10 bits per heavy atom. The molecule has 0 saturated carbocycles. The molecule has 0 spiro atoms. The van der Waals surface area contributed by atoms with Crippen molar-refractivity contribution in [1.29, 1.82) is 0 Å². The van der Waals surface area contributed by atoms with E-state index in [2.05, 4.69) is 16.2 Å². The quantitative estimate of drug-likeness (QED) is 0.638. The number of alkyl halides is 2. The first kappa shape index (κ1) is 21.5. The molecule has 0 aliphatic carbocycles. The molecule has 2 aromatic rings.